The maximum absolute atomic E-state index is 10.1. The van der Waals surface area contributed by atoms with Crippen molar-refractivity contribution in [3.05, 3.63) is 42.0 Å². The number of nitrogens with zero attached hydrogens (tertiary/aromatic N) is 2. The molecule has 110 valence electrons. The predicted octanol–water partition coefficient (Wildman–Crippen LogP) is 2.24. The number of para-hydroxylation sites is 1. The van der Waals surface area contributed by atoms with Crippen LogP contribution < -0.4 is 5.32 Å². The van der Waals surface area contributed by atoms with Gasteiger partial charge in [0, 0.05) is 31.7 Å². The first-order valence-electron chi connectivity index (χ1n) is 6.07. The van der Waals surface area contributed by atoms with E-state index in [0.717, 1.165) is 31.7 Å². The van der Waals surface area contributed by atoms with Crippen LogP contribution in [0.15, 0.2) is 30.9 Å². The van der Waals surface area contributed by atoms with E-state index in [1.165, 1.54) is 0 Å². The number of nitrogens with one attached hydrogen (secondary N) is 1. The third kappa shape index (κ3) is 3.87. The van der Waals surface area contributed by atoms with Gasteiger partial charge in [0.2, 0.25) is 0 Å². The van der Waals surface area contributed by atoms with Gasteiger partial charge in [0.1, 0.15) is 11.8 Å². The number of phenols is 1. The van der Waals surface area contributed by atoms with Gasteiger partial charge >= 0.3 is 0 Å². The molecule has 0 saturated carbocycles. The summed E-state index contributed by atoms with van der Waals surface area (Å²) < 4.78 is 0. The average molecular weight is 316 g/mol. The fourth-order valence-corrected chi connectivity index (χ4v) is 2.32. The lowest BCUT2D eigenvalue weighted by Crippen LogP contribution is -2.44. The number of piperazine rings is 1. The number of rotatable bonds is 3. The van der Waals surface area contributed by atoms with E-state index in [2.05, 4.69) is 16.8 Å². The van der Waals surface area contributed by atoms with Gasteiger partial charge in [-0.1, -0.05) is 18.2 Å². The minimum absolute atomic E-state index is 0. The molecule has 0 unspecified atom stereocenters. The Morgan fingerprint density at radius 3 is 2.55 bits per heavy atom. The van der Waals surface area contributed by atoms with E-state index in [0.29, 0.717) is 5.56 Å². The van der Waals surface area contributed by atoms with Crippen molar-refractivity contribution < 1.29 is 5.11 Å². The minimum Gasteiger partial charge on any atom is -0.506 e. The first-order valence-corrected chi connectivity index (χ1v) is 6.07. The highest BCUT2D eigenvalue weighted by Crippen LogP contribution is 2.31. The Labute approximate surface area is 131 Å². The Morgan fingerprint density at radius 1 is 1.35 bits per heavy atom. The van der Waals surface area contributed by atoms with Crippen molar-refractivity contribution in [2.45, 2.75) is 6.04 Å². The number of phenolic OH excluding ortho intramolecular Hbond substituents is 1. The monoisotopic (exact) mass is 315 g/mol. The highest BCUT2D eigenvalue weighted by atomic mass is 35.5. The van der Waals surface area contributed by atoms with Gasteiger partial charge in [0.15, 0.2) is 0 Å². The topological polar surface area (TPSA) is 59.3 Å². The molecule has 1 aliphatic rings. The van der Waals surface area contributed by atoms with Crippen LogP contribution in [-0.2, 0) is 0 Å². The van der Waals surface area contributed by atoms with Crippen LogP contribution in [0.1, 0.15) is 17.2 Å². The van der Waals surface area contributed by atoms with Crippen molar-refractivity contribution >= 4 is 24.8 Å². The second kappa shape index (κ2) is 8.83. The third-order valence-electron chi connectivity index (χ3n) is 3.27. The molecule has 1 aromatic rings. The zero-order chi connectivity index (χ0) is 13.0. The van der Waals surface area contributed by atoms with Gasteiger partial charge in [-0.2, -0.15) is 5.26 Å². The van der Waals surface area contributed by atoms with E-state index < -0.39 is 0 Å². The summed E-state index contributed by atoms with van der Waals surface area (Å²) in [7, 11) is 0. The fraction of sp³-hybridized carbons (Fsp3) is 0.357. The van der Waals surface area contributed by atoms with Crippen LogP contribution in [0.4, 0.5) is 0 Å². The lowest BCUT2D eigenvalue weighted by molar-refractivity contribution is 0.201. The zero-order valence-electron chi connectivity index (χ0n) is 11.1. The molecule has 1 atom stereocenters. The molecule has 0 radical (unpaired) electrons. The van der Waals surface area contributed by atoms with Gasteiger partial charge < -0.3 is 10.4 Å². The van der Waals surface area contributed by atoms with Crippen LogP contribution >= 0.6 is 24.8 Å². The molecule has 2 N–H and O–H groups in total. The molecule has 6 heteroatoms. The molecule has 0 aromatic heterocycles. The summed E-state index contributed by atoms with van der Waals surface area (Å²) in [6, 6.07) is 7.23. The van der Waals surface area contributed by atoms with Crippen LogP contribution in [0.25, 0.3) is 0 Å². The number of hydrogen-bond donors (Lipinski definition) is 2. The van der Waals surface area contributed by atoms with Gasteiger partial charge in [0.25, 0.3) is 0 Å². The number of nitriles is 1. The molecule has 0 bridgehead atoms. The summed E-state index contributed by atoms with van der Waals surface area (Å²) in [4.78, 5) is 2.25. The summed E-state index contributed by atoms with van der Waals surface area (Å²) in [6.45, 7) is 7.54. The maximum Gasteiger partial charge on any atom is 0.138 e. The lowest BCUT2D eigenvalue weighted by Gasteiger charge is -2.33. The van der Waals surface area contributed by atoms with Crippen LogP contribution in [0.5, 0.6) is 5.75 Å². The number of hydrogen-bond acceptors (Lipinski definition) is 4. The predicted molar refractivity (Wildman–Crippen MR) is 84.7 cm³/mol. The summed E-state index contributed by atoms with van der Waals surface area (Å²) >= 11 is 0. The quantitative estimate of drug-likeness (QED) is 0.840. The second-order valence-electron chi connectivity index (χ2n) is 4.32. The molecular weight excluding hydrogens is 297 g/mol. The Kier molecular flexibility index (Phi) is 8.28. The van der Waals surface area contributed by atoms with Gasteiger partial charge in [-0.25, -0.2) is 0 Å². The summed E-state index contributed by atoms with van der Waals surface area (Å²) in [5.41, 5.74) is 1.07. The molecular formula is C14H19Cl2N3O. The first-order chi connectivity index (χ1) is 8.77. The highest BCUT2D eigenvalue weighted by Gasteiger charge is 2.22. The van der Waals surface area contributed by atoms with Crippen LogP contribution in [0.3, 0.4) is 0 Å². The van der Waals surface area contributed by atoms with Gasteiger partial charge in [-0.3, -0.25) is 4.90 Å². The molecule has 0 spiro atoms. The molecule has 0 amide bonds. The fourth-order valence-electron chi connectivity index (χ4n) is 2.32. The maximum atomic E-state index is 10.1. The first kappa shape index (κ1) is 18.8. The Morgan fingerprint density at radius 2 is 2.00 bits per heavy atom. The lowest BCUT2D eigenvalue weighted by atomic mass is 10.0. The summed E-state index contributed by atoms with van der Waals surface area (Å²) in [5.74, 6) is 0.0726. The molecule has 2 rings (SSSR count). The highest BCUT2D eigenvalue weighted by molar-refractivity contribution is 5.85. The Bertz CT molecular complexity index is 482. The molecule has 1 fully saturated rings. The van der Waals surface area contributed by atoms with Crippen molar-refractivity contribution in [2.75, 3.05) is 26.2 Å². The van der Waals surface area contributed by atoms with Crippen LogP contribution in [0, 0.1) is 11.3 Å². The molecule has 1 heterocycles. The number of halogens is 2. The SMILES string of the molecule is C=C[C@@H](c1cccc(C#N)c1O)N1CCNCC1.Cl.Cl. The summed E-state index contributed by atoms with van der Waals surface area (Å²) in [5, 5.41) is 22.3. The Balaban J connectivity index is 0.00000180. The smallest absolute Gasteiger partial charge is 0.138 e. The van der Waals surface area contributed by atoms with Crippen LogP contribution in [0.2, 0.25) is 0 Å². The molecule has 1 aromatic carbocycles. The van der Waals surface area contributed by atoms with E-state index in [-0.39, 0.29) is 36.6 Å². The molecule has 20 heavy (non-hydrogen) atoms. The average Bonchev–Trinajstić information content (AvgIpc) is 2.43. The largest absolute Gasteiger partial charge is 0.506 e. The van der Waals surface area contributed by atoms with Crippen molar-refractivity contribution in [1.29, 1.82) is 5.26 Å². The van der Waals surface area contributed by atoms with Gasteiger partial charge in [-0.15, -0.1) is 31.4 Å². The van der Waals surface area contributed by atoms with E-state index >= 15 is 0 Å². The molecule has 1 saturated heterocycles. The third-order valence-corrected chi connectivity index (χ3v) is 3.27. The minimum atomic E-state index is -0.0413. The molecule has 4 nitrogen and oxygen atoms in total. The molecule has 0 aliphatic carbocycles. The second-order valence-corrected chi connectivity index (χ2v) is 4.32. The van der Waals surface area contributed by atoms with Crippen molar-refractivity contribution in [1.82, 2.24) is 10.2 Å². The van der Waals surface area contributed by atoms with E-state index in [9.17, 15) is 5.11 Å². The standard InChI is InChI=1S/C14H17N3O.2ClH/c1-2-13(17-8-6-16-7-9-17)12-5-3-4-11(10-15)14(12)18;;/h2-5,13,16,18H,1,6-9H2;2*1H/t13-;;/m0../s1. The van der Waals surface area contributed by atoms with Gasteiger partial charge in [0.05, 0.1) is 11.6 Å². The van der Waals surface area contributed by atoms with E-state index in [1.807, 2.05) is 18.2 Å². The normalized spacial score (nSPS) is 16.1. The number of benzene rings is 1. The summed E-state index contributed by atoms with van der Waals surface area (Å²) in [6.07, 6.45) is 1.82. The number of aromatic hydroxyl groups is 1. The van der Waals surface area contributed by atoms with E-state index in [4.69, 9.17) is 5.26 Å². The van der Waals surface area contributed by atoms with E-state index in [1.54, 1.807) is 12.1 Å². The molecule has 1 aliphatic heterocycles. The van der Waals surface area contributed by atoms with Crippen molar-refractivity contribution in [3.63, 3.8) is 0 Å². The van der Waals surface area contributed by atoms with Gasteiger partial charge in [-0.05, 0) is 6.07 Å². The Hall–Kier alpha value is -1.25. The van der Waals surface area contributed by atoms with Crippen LogP contribution in [-0.4, -0.2) is 36.2 Å². The zero-order valence-corrected chi connectivity index (χ0v) is 12.7. The van der Waals surface area contributed by atoms with Crippen molar-refractivity contribution in [2.24, 2.45) is 0 Å². The van der Waals surface area contributed by atoms with Crippen molar-refractivity contribution in [3.8, 4) is 11.8 Å².